The molecule has 0 aromatic carbocycles. The van der Waals surface area contributed by atoms with Crippen molar-refractivity contribution in [2.45, 2.75) is 19.8 Å². The van der Waals surface area contributed by atoms with Gasteiger partial charge < -0.3 is 20.3 Å². The van der Waals surface area contributed by atoms with Crippen LogP contribution in [0.2, 0.25) is 0 Å². The van der Waals surface area contributed by atoms with Gasteiger partial charge in [0.2, 0.25) is 0 Å². The molecule has 0 saturated carbocycles. The van der Waals surface area contributed by atoms with Crippen molar-refractivity contribution in [2.75, 3.05) is 78.7 Å². The summed E-state index contributed by atoms with van der Waals surface area (Å²) in [7, 11) is 0. The van der Waals surface area contributed by atoms with E-state index >= 15 is 0 Å². The summed E-state index contributed by atoms with van der Waals surface area (Å²) in [6.45, 7) is 16.1. The molecule has 0 aliphatic carbocycles. The summed E-state index contributed by atoms with van der Waals surface area (Å²) >= 11 is 0. The van der Waals surface area contributed by atoms with Gasteiger partial charge in [-0.1, -0.05) is 6.92 Å². The fourth-order valence-corrected chi connectivity index (χ4v) is 3.24. The molecule has 0 amide bonds. The summed E-state index contributed by atoms with van der Waals surface area (Å²) < 4.78 is 5.33. The number of rotatable bonds is 3. The topological polar surface area (TPSA) is 39.8 Å². The van der Waals surface area contributed by atoms with E-state index in [1.807, 2.05) is 0 Å². The lowest BCUT2D eigenvalue weighted by Gasteiger charge is -2.32. The quantitative estimate of drug-likeness (QED) is 0.777. The van der Waals surface area contributed by atoms with Crippen LogP contribution in [0.5, 0.6) is 0 Å². The van der Waals surface area contributed by atoms with Gasteiger partial charge >= 0.3 is 0 Å². The predicted molar refractivity (Wildman–Crippen MR) is 102 cm³/mol. The van der Waals surface area contributed by atoms with Crippen molar-refractivity contribution in [3.05, 3.63) is 0 Å². The average molecular weight is 371 g/mol. The first kappa shape index (κ1) is 23.4. The molecule has 140 valence electrons. The summed E-state index contributed by atoms with van der Waals surface area (Å²) in [6, 6.07) is 0. The predicted octanol–water partition coefficient (Wildman–Crippen LogP) is 1.07. The molecule has 0 radical (unpaired) electrons. The van der Waals surface area contributed by atoms with E-state index in [9.17, 15) is 0 Å². The van der Waals surface area contributed by atoms with Crippen molar-refractivity contribution in [3.63, 3.8) is 0 Å². The normalized spacial score (nSPS) is 23.9. The Labute approximate surface area is 154 Å². The highest BCUT2D eigenvalue weighted by atomic mass is 35.5. The molecule has 0 spiro atoms. The first-order chi connectivity index (χ1) is 10.4. The molecule has 2 N–H and O–H groups in total. The standard InChI is InChI=1S/C10H20N2O.C6H14N2.2ClH/c1-3-11-4-2-10(1)9-12-5-7-13-8-6-12;1-2-8-5-3-7-4-6-8;;/h10-11H,1-9H2;7H,2-6H2,1H3;2*1H. The third-order valence-corrected chi connectivity index (χ3v) is 4.74. The van der Waals surface area contributed by atoms with Crippen LogP contribution >= 0.6 is 24.8 Å². The zero-order valence-corrected chi connectivity index (χ0v) is 16.2. The molecule has 3 saturated heterocycles. The maximum absolute atomic E-state index is 5.33. The lowest BCUT2D eigenvalue weighted by molar-refractivity contribution is 0.0284. The molecule has 5 nitrogen and oxygen atoms in total. The summed E-state index contributed by atoms with van der Waals surface area (Å²) in [5.41, 5.74) is 0. The Kier molecular flexibility index (Phi) is 14.9. The molecule has 0 aromatic rings. The van der Waals surface area contributed by atoms with Crippen LogP contribution in [-0.4, -0.2) is 88.5 Å². The van der Waals surface area contributed by atoms with E-state index in [1.165, 1.54) is 65.2 Å². The van der Waals surface area contributed by atoms with Gasteiger partial charge in [0.05, 0.1) is 13.2 Å². The van der Waals surface area contributed by atoms with Crippen LogP contribution in [0.15, 0.2) is 0 Å². The van der Waals surface area contributed by atoms with Gasteiger partial charge in [-0.15, -0.1) is 24.8 Å². The van der Waals surface area contributed by atoms with Crippen molar-refractivity contribution in [1.82, 2.24) is 20.4 Å². The molecule has 3 heterocycles. The second-order valence-electron chi connectivity index (χ2n) is 6.29. The first-order valence-corrected chi connectivity index (χ1v) is 8.82. The maximum atomic E-state index is 5.33. The van der Waals surface area contributed by atoms with Gasteiger partial charge in [0.15, 0.2) is 0 Å². The fourth-order valence-electron chi connectivity index (χ4n) is 3.24. The molecule has 0 bridgehead atoms. The van der Waals surface area contributed by atoms with Crippen LogP contribution in [0.4, 0.5) is 0 Å². The number of likely N-dealkylation sites (N-methyl/N-ethyl adjacent to an activating group) is 1. The monoisotopic (exact) mass is 370 g/mol. The lowest BCUT2D eigenvalue weighted by Crippen LogP contribution is -2.43. The number of halogens is 2. The van der Waals surface area contributed by atoms with Crippen LogP contribution in [0.25, 0.3) is 0 Å². The average Bonchev–Trinajstić information content (AvgIpc) is 2.58. The highest BCUT2D eigenvalue weighted by molar-refractivity contribution is 5.85. The van der Waals surface area contributed by atoms with Gasteiger partial charge in [-0.2, -0.15) is 0 Å². The van der Waals surface area contributed by atoms with Crippen molar-refractivity contribution < 1.29 is 4.74 Å². The second-order valence-corrected chi connectivity index (χ2v) is 6.29. The summed E-state index contributed by atoms with van der Waals surface area (Å²) in [5.74, 6) is 0.930. The highest BCUT2D eigenvalue weighted by Crippen LogP contribution is 2.13. The zero-order valence-electron chi connectivity index (χ0n) is 14.6. The first-order valence-electron chi connectivity index (χ1n) is 8.82. The van der Waals surface area contributed by atoms with Crippen molar-refractivity contribution >= 4 is 24.8 Å². The summed E-state index contributed by atoms with van der Waals surface area (Å²) in [5, 5.41) is 6.72. The van der Waals surface area contributed by atoms with Crippen LogP contribution in [-0.2, 0) is 4.74 Å². The Morgan fingerprint density at radius 1 is 0.826 bits per heavy atom. The highest BCUT2D eigenvalue weighted by Gasteiger charge is 2.18. The molecular formula is C16H36Cl2N4O. The van der Waals surface area contributed by atoms with Crippen molar-refractivity contribution in [3.8, 4) is 0 Å². The Balaban J connectivity index is 0.000000425. The number of hydrogen-bond acceptors (Lipinski definition) is 5. The summed E-state index contributed by atoms with van der Waals surface area (Å²) in [4.78, 5) is 5.01. The van der Waals surface area contributed by atoms with Gasteiger partial charge in [0.25, 0.3) is 0 Å². The molecule has 3 aliphatic heterocycles. The minimum absolute atomic E-state index is 0. The molecule has 0 atom stereocenters. The van der Waals surface area contributed by atoms with Gasteiger partial charge in [0.1, 0.15) is 0 Å². The number of piperazine rings is 1. The Hall–Kier alpha value is 0.380. The van der Waals surface area contributed by atoms with Crippen molar-refractivity contribution in [2.24, 2.45) is 5.92 Å². The maximum Gasteiger partial charge on any atom is 0.0594 e. The molecule has 0 aromatic heterocycles. The Bertz CT molecular complexity index is 240. The largest absolute Gasteiger partial charge is 0.379 e. The Morgan fingerprint density at radius 2 is 1.39 bits per heavy atom. The molecule has 3 aliphatic rings. The van der Waals surface area contributed by atoms with Crippen LogP contribution in [0.3, 0.4) is 0 Å². The minimum Gasteiger partial charge on any atom is -0.379 e. The molecule has 3 fully saturated rings. The Morgan fingerprint density at radius 3 is 1.91 bits per heavy atom. The van der Waals surface area contributed by atoms with Crippen LogP contribution < -0.4 is 10.6 Å². The molecule has 3 rings (SSSR count). The minimum atomic E-state index is 0. The molecule has 0 unspecified atom stereocenters. The van der Waals surface area contributed by atoms with Gasteiger partial charge in [-0.3, -0.25) is 4.90 Å². The van der Waals surface area contributed by atoms with Gasteiger partial charge in [0, 0.05) is 45.8 Å². The summed E-state index contributed by atoms with van der Waals surface area (Å²) in [6.07, 6.45) is 2.72. The number of ether oxygens (including phenoxy) is 1. The van der Waals surface area contributed by atoms with E-state index in [0.29, 0.717) is 0 Å². The van der Waals surface area contributed by atoms with Gasteiger partial charge in [-0.25, -0.2) is 0 Å². The second kappa shape index (κ2) is 14.7. The van der Waals surface area contributed by atoms with E-state index in [0.717, 1.165) is 32.2 Å². The van der Waals surface area contributed by atoms with Crippen molar-refractivity contribution in [1.29, 1.82) is 0 Å². The number of piperidine rings is 1. The number of nitrogens with one attached hydrogen (secondary N) is 2. The fraction of sp³-hybridized carbons (Fsp3) is 1.00. The lowest BCUT2D eigenvalue weighted by atomic mass is 9.97. The van der Waals surface area contributed by atoms with Gasteiger partial charge in [-0.05, 0) is 38.4 Å². The van der Waals surface area contributed by atoms with Crippen LogP contribution in [0.1, 0.15) is 19.8 Å². The molecule has 7 heteroatoms. The van der Waals surface area contributed by atoms with E-state index in [-0.39, 0.29) is 24.8 Å². The van der Waals surface area contributed by atoms with E-state index in [4.69, 9.17) is 4.74 Å². The number of nitrogens with zero attached hydrogens (tertiary/aromatic N) is 2. The SMILES string of the molecule is C1CC(CN2CCOCC2)CCN1.CCN1CCNCC1.Cl.Cl. The zero-order chi connectivity index (χ0) is 14.8. The van der Waals surface area contributed by atoms with E-state index in [2.05, 4.69) is 27.4 Å². The molecule has 23 heavy (non-hydrogen) atoms. The van der Waals surface area contributed by atoms with Crippen LogP contribution in [0, 0.1) is 5.92 Å². The smallest absolute Gasteiger partial charge is 0.0594 e. The number of hydrogen-bond donors (Lipinski definition) is 2. The molecular weight excluding hydrogens is 335 g/mol. The van der Waals surface area contributed by atoms with E-state index < -0.39 is 0 Å². The third-order valence-electron chi connectivity index (χ3n) is 4.74. The third kappa shape index (κ3) is 10.1. The number of morpholine rings is 1. The van der Waals surface area contributed by atoms with E-state index in [1.54, 1.807) is 0 Å².